The highest BCUT2D eigenvalue weighted by Crippen LogP contribution is 2.32. The van der Waals surface area contributed by atoms with Gasteiger partial charge in [0.2, 0.25) is 5.91 Å². The number of hydrogen-bond donors (Lipinski definition) is 1. The Morgan fingerprint density at radius 2 is 1.93 bits per heavy atom. The number of aryl methyl sites for hydroxylation is 2. The number of aromatic nitrogens is 1. The second-order valence-corrected chi connectivity index (χ2v) is 7.59. The van der Waals surface area contributed by atoms with Crippen LogP contribution in [0.15, 0.2) is 47.8 Å². The van der Waals surface area contributed by atoms with E-state index in [1.54, 1.807) is 0 Å². The Morgan fingerprint density at radius 3 is 2.76 bits per heavy atom. The van der Waals surface area contributed by atoms with E-state index in [0.29, 0.717) is 31.2 Å². The van der Waals surface area contributed by atoms with Crippen molar-refractivity contribution >= 4 is 22.4 Å². The summed E-state index contributed by atoms with van der Waals surface area (Å²) >= 11 is 1.41. The molecule has 1 N–H and O–H groups in total. The van der Waals surface area contributed by atoms with E-state index in [-0.39, 0.29) is 5.91 Å². The van der Waals surface area contributed by atoms with Crippen LogP contribution in [0.5, 0.6) is 11.5 Å². The van der Waals surface area contributed by atoms with Crippen LogP contribution in [0, 0.1) is 13.8 Å². The van der Waals surface area contributed by atoms with Crippen molar-refractivity contribution in [1.29, 1.82) is 0 Å². The van der Waals surface area contributed by atoms with Crippen LogP contribution in [0.2, 0.25) is 0 Å². The van der Waals surface area contributed by atoms with E-state index in [1.165, 1.54) is 11.3 Å². The minimum absolute atomic E-state index is 0.0615. The van der Waals surface area contributed by atoms with E-state index >= 15 is 0 Å². The molecule has 1 aromatic heterocycles. The Morgan fingerprint density at radius 1 is 1.10 bits per heavy atom. The van der Waals surface area contributed by atoms with Crippen LogP contribution in [-0.4, -0.2) is 24.1 Å². The molecule has 0 aliphatic carbocycles. The Kier molecular flexibility index (Phi) is 7.25. The molecule has 3 aromatic rings. The summed E-state index contributed by atoms with van der Waals surface area (Å²) in [6.45, 7) is 7.10. The van der Waals surface area contributed by atoms with Gasteiger partial charge < -0.3 is 14.8 Å². The smallest absolute Gasteiger partial charge is 0.226 e. The zero-order chi connectivity index (χ0) is 20.6. The number of anilines is 1. The molecule has 6 heteroatoms. The number of benzene rings is 2. The maximum atomic E-state index is 12.2. The highest BCUT2D eigenvalue weighted by molar-refractivity contribution is 7.14. The number of carbonyl (C=O) groups is 1. The Hall–Kier alpha value is -2.86. The Balaban J connectivity index is 1.50. The molecule has 1 amide bonds. The van der Waals surface area contributed by atoms with E-state index in [9.17, 15) is 4.79 Å². The van der Waals surface area contributed by atoms with E-state index in [2.05, 4.69) is 16.4 Å². The van der Waals surface area contributed by atoms with Crippen LogP contribution in [0.3, 0.4) is 0 Å². The van der Waals surface area contributed by atoms with Crippen molar-refractivity contribution in [3.8, 4) is 22.8 Å². The summed E-state index contributed by atoms with van der Waals surface area (Å²) in [6.07, 6.45) is 1.03. The fourth-order valence-corrected chi connectivity index (χ4v) is 3.60. The Bertz CT molecular complexity index is 968. The van der Waals surface area contributed by atoms with Crippen LogP contribution in [0.25, 0.3) is 11.3 Å². The quantitative estimate of drug-likeness (QED) is 0.465. The number of hydrogen-bond acceptors (Lipinski definition) is 5. The standard InChI is InChI=1S/C23H26N2O3S/c1-4-27-20-9-6-5-8-18(20)19-15-29-23(24-19)25-22(26)10-7-13-28-21-14-16(2)11-12-17(21)3/h5-6,8-9,11-12,14-15H,4,7,10,13H2,1-3H3,(H,24,25,26). The van der Waals surface area contributed by atoms with Crippen LogP contribution >= 0.6 is 11.3 Å². The fraction of sp³-hybridized carbons (Fsp3) is 0.304. The molecule has 152 valence electrons. The van der Waals surface area contributed by atoms with Gasteiger partial charge in [-0.15, -0.1) is 11.3 Å². The van der Waals surface area contributed by atoms with Crippen molar-refractivity contribution in [2.45, 2.75) is 33.6 Å². The third-order valence-corrected chi connectivity index (χ3v) is 5.12. The fourth-order valence-electron chi connectivity index (χ4n) is 2.87. The first-order chi connectivity index (χ1) is 14.1. The largest absolute Gasteiger partial charge is 0.493 e. The van der Waals surface area contributed by atoms with Gasteiger partial charge in [0.25, 0.3) is 0 Å². The van der Waals surface area contributed by atoms with Gasteiger partial charge in [0.1, 0.15) is 11.5 Å². The summed E-state index contributed by atoms with van der Waals surface area (Å²) in [4.78, 5) is 16.8. The molecule has 0 fully saturated rings. The molecule has 5 nitrogen and oxygen atoms in total. The van der Waals surface area contributed by atoms with E-state index in [0.717, 1.165) is 33.9 Å². The van der Waals surface area contributed by atoms with Crippen LogP contribution in [0.4, 0.5) is 5.13 Å². The number of rotatable bonds is 9. The van der Waals surface area contributed by atoms with Crippen molar-refractivity contribution in [2.24, 2.45) is 0 Å². The molecule has 0 aliphatic rings. The van der Waals surface area contributed by atoms with Crippen molar-refractivity contribution in [2.75, 3.05) is 18.5 Å². The minimum Gasteiger partial charge on any atom is -0.493 e. The molecule has 0 atom stereocenters. The molecule has 0 bridgehead atoms. The van der Waals surface area contributed by atoms with Crippen LogP contribution in [0.1, 0.15) is 30.9 Å². The first-order valence-corrected chi connectivity index (χ1v) is 10.6. The minimum atomic E-state index is -0.0615. The second kappa shape index (κ2) is 10.1. The van der Waals surface area contributed by atoms with Gasteiger partial charge in [-0.05, 0) is 56.5 Å². The van der Waals surface area contributed by atoms with E-state index in [1.807, 2.05) is 62.5 Å². The highest BCUT2D eigenvalue weighted by atomic mass is 32.1. The topological polar surface area (TPSA) is 60.5 Å². The van der Waals surface area contributed by atoms with Crippen molar-refractivity contribution < 1.29 is 14.3 Å². The maximum absolute atomic E-state index is 12.2. The molecule has 2 aromatic carbocycles. The zero-order valence-corrected chi connectivity index (χ0v) is 17.8. The molecule has 0 saturated carbocycles. The average Bonchev–Trinajstić information content (AvgIpc) is 3.16. The first-order valence-electron chi connectivity index (χ1n) is 9.74. The molecule has 0 saturated heterocycles. The third-order valence-electron chi connectivity index (χ3n) is 4.36. The SMILES string of the molecule is CCOc1ccccc1-c1csc(NC(=O)CCCOc2cc(C)ccc2C)n1. The van der Waals surface area contributed by atoms with Gasteiger partial charge in [-0.1, -0.05) is 24.3 Å². The van der Waals surface area contributed by atoms with Crippen LogP contribution in [-0.2, 0) is 4.79 Å². The molecular formula is C23H26N2O3S. The summed E-state index contributed by atoms with van der Waals surface area (Å²) < 4.78 is 11.5. The first kappa shape index (κ1) is 20.9. The molecule has 29 heavy (non-hydrogen) atoms. The number of nitrogens with one attached hydrogen (secondary N) is 1. The molecule has 0 unspecified atom stereocenters. The average molecular weight is 411 g/mol. The predicted molar refractivity (Wildman–Crippen MR) is 118 cm³/mol. The number of carbonyl (C=O) groups excluding carboxylic acids is 1. The Labute approximate surface area is 175 Å². The molecular weight excluding hydrogens is 384 g/mol. The lowest BCUT2D eigenvalue weighted by Crippen LogP contribution is -2.12. The molecule has 0 aliphatic heterocycles. The maximum Gasteiger partial charge on any atom is 0.226 e. The van der Waals surface area contributed by atoms with Gasteiger partial charge in [-0.25, -0.2) is 4.98 Å². The van der Waals surface area contributed by atoms with Gasteiger partial charge in [-0.2, -0.15) is 0 Å². The summed E-state index contributed by atoms with van der Waals surface area (Å²) in [7, 11) is 0. The lowest BCUT2D eigenvalue weighted by atomic mass is 10.1. The second-order valence-electron chi connectivity index (χ2n) is 6.74. The molecule has 0 radical (unpaired) electrons. The zero-order valence-electron chi connectivity index (χ0n) is 17.0. The monoisotopic (exact) mass is 410 g/mol. The summed E-state index contributed by atoms with van der Waals surface area (Å²) in [6, 6.07) is 13.9. The summed E-state index contributed by atoms with van der Waals surface area (Å²) in [5, 5.41) is 5.39. The van der Waals surface area contributed by atoms with Crippen molar-refractivity contribution in [1.82, 2.24) is 4.98 Å². The normalized spacial score (nSPS) is 10.6. The van der Waals surface area contributed by atoms with E-state index in [4.69, 9.17) is 9.47 Å². The van der Waals surface area contributed by atoms with Gasteiger partial charge >= 0.3 is 0 Å². The van der Waals surface area contributed by atoms with Gasteiger partial charge in [0.05, 0.1) is 18.9 Å². The van der Waals surface area contributed by atoms with Crippen LogP contribution < -0.4 is 14.8 Å². The highest BCUT2D eigenvalue weighted by Gasteiger charge is 2.11. The number of amides is 1. The van der Waals surface area contributed by atoms with Gasteiger partial charge in [0, 0.05) is 17.4 Å². The lowest BCUT2D eigenvalue weighted by molar-refractivity contribution is -0.116. The molecule has 0 spiro atoms. The molecule has 1 heterocycles. The summed E-state index contributed by atoms with van der Waals surface area (Å²) in [5.41, 5.74) is 3.98. The summed E-state index contributed by atoms with van der Waals surface area (Å²) in [5.74, 6) is 1.61. The van der Waals surface area contributed by atoms with Gasteiger partial charge in [0.15, 0.2) is 5.13 Å². The number of nitrogens with zero attached hydrogens (tertiary/aromatic N) is 1. The predicted octanol–water partition coefficient (Wildman–Crippen LogP) is 5.62. The van der Waals surface area contributed by atoms with Gasteiger partial charge in [-0.3, -0.25) is 4.79 Å². The van der Waals surface area contributed by atoms with Crippen molar-refractivity contribution in [3.63, 3.8) is 0 Å². The third kappa shape index (κ3) is 5.81. The van der Waals surface area contributed by atoms with E-state index < -0.39 is 0 Å². The number of ether oxygens (including phenoxy) is 2. The lowest BCUT2D eigenvalue weighted by Gasteiger charge is -2.09. The number of thiazole rings is 1. The number of para-hydroxylation sites is 1. The molecule has 3 rings (SSSR count). The van der Waals surface area contributed by atoms with Crippen molar-refractivity contribution in [3.05, 3.63) is 59.0 Å².